The Morgan fingerprint density at radius 3 is 2.77 bits per heavy atom. The van der Waals surface area contributed by atoms with Crippen molar-refractivity contribution in [2.75, 3.05) is 11.9 Å². The third-order valence-corrected chi connectivity index (χ3v) is 3.39. The van der Waals surface area contributed by atoms with Crippen LogP contribution in [0.25, 0.3) is 0 Å². The average molecular weight is 309 g/mol. The van der Waals surface area contributed by atoms with E-state index in [-0.39, 0.29) is 29.8 Å². The summed E-state index contributed by atoms with van der Waals surface area (Å²) in [4.78, 5) is 27.4. The Balaban J connectivity index is 2.22. The molecule has 0 radical (unpaired) electrons. The number of aliphatic hydroxyl groups excluding tert-OH is 2. The van der Waals surface area contributed by atoms with E-state index in [0.717, 1.165) is 4.57 Å². The number of hydrogen-bond donors (Lipinski definition) is 3. The van der Waals surface area contributed by atoms with Crippen LogP contribution in [0.2, 0.25) is 0 Å². The summed E-state index contributed by atoms with van der Waals surface area (Å²) < 4.78 is 6.54. The molecule has 1 amide bonds. The molecule has 1 aliphatic heterocycles. The van der Waals surface area contributed by atoms with Gasteiger partial charge in [-0.15, -0.1) is 0 Å². The Labute approximate surface area is 127 Å². The van der Waals surface area contributed by atoms with E-state index in [2.05, 4.69) is 16.9 Å². The number of nitrogens with one attached hydrogen (secondary N) is 1. The maximum absolute atomic E-state index is 12.1. The number of rotatable bonds is 4. The number of nitrogens with zero attached hydrogens (tertiary/aromatic N) is 2. The highest BCUT2D eigenvalue weighted by molar-refractivity contribution is 5.91. The van der Waals surface area contributed by atoms with E-state index in [1.807, 2.05) is 0 Å². The van der Waals surface area contributed by atoms with Crippen molar-refractivity contribution in [1.82, 2.24) is 9.55 Å². The predicted molar refractivity (Wildman–Crippen MR) is 78.1 cm³/mol. The lowest BCUT2D eigenvalue weighted by molar-refractivity contribution is -0.118. The molecule has 0 bridgehead atoms. The zero-order valence-electron chi connectivity index (χ0n) is 12.4. The first-order valence-corrected chi connectivity index (χ1v) is 6.88. The lowest BCUT2D eigenvalue weighted by atomic mass is 10.1. The van der Waals surface area contributed by atoms with E-state index in [9.17, 15) is 14.7 Å². The molecule has 0 unspecified atom stereocenters. The summed E-state index contributed by atoms with van der Waals surface area (Å²) in [6.45, 7) is 6.75. The average Bonchev–Trinajstić information content (AvgIpc) is 2.75. The maximum Gasteiger partial charge on any atom is 0.351 e. The highest BCUT2D eigenvalue weighted by atomic mass is 16.5. The number of carbonyl (C=O) groups is 1. The second-order valence-corrected chi connectivity index (χ2v) is 5.38. The Hall–Kier alpha value is -2.03. The molecule has 0 saturated carbocycles. The summed E-state index contributed by atoms with van der Waals surface area (Å²) in [5, 5.41) is 21.5. The van der Waals surface area contributed by atoms with Gasteiger partial charge in [0.25, 0.3) is 0 Å². The zero-order valence-corrected chi connectivity index (χ0v) is 12.4. The minimum atomic E-state index is -1.05. The highest BCUT2D eigenvalue weighted by Gasteiger charge is 2.38. The van der Waals surface area contributed by atoms with Crippen LogP contribution < -0.4 is 11.0 Å². The van der Waals surface area contributed by atoms with Gasteiger partial charge in [0.15, 0.2) is 6.23 Å². The van der Waals surface area contributed by atoms with Crippen molar-refractivity contribution >= 4 is 11.7 Å². The van der Waals surface area contributed by atoms with Crippen molar-refractivity contribution in [2.24, 2.45) is 5.92 Å². The monoisotopic (exact) mass is 309 g/mol. The molecule has 1 aromatic rings. The van der Waals surface area contributed by atoms with Gasteiger partial charge in [-0.1, -0.05) is 20.4 Å². The topological polar surface area (TPSA) is 114 Å². The van der Waals surface area contributed by atoms with E-state index in [1.165, 1.54) is 12.3 Å². The standard InChI is InChI=1S/C14H19N3O5/c1-7(2)12(20)15-10-4-5-17(14(21)16-10)13-8(3)11(19)9(6-18)22-13/h4-5,7,9,11,13,18-19H,3,6H2,1-2H3,(H,15,16,20,21)/t9-,11+,13-/m1/s1. The van der Waals surface area contributed by atoms with Crippen LogP contribution in [-0.4, -0.2) is 44.5 Å². The Kier molecular flexibility index (Phi) is 4.74. The molecule has 2 heterocycles. The summed E-state index contributed by atoms with van der Waals surface area (Å²) in [6, 6.07) is 1.46. The summed E-state index contributed by atoms with van der Waals surface area (Å²) >= 11 is 0. The van der Waals surface area contributed by atoms with Crippen molar-refractivity contribution in [3.8, 4) is 0 Å². The predicted octanol–water partition coefficient (Wildman–Crippen LogP) is -0.355. The van der Waals surface area contributed by atoms with E-state index in [1.54, 1.807) is 13.8 Å². The van der Waals surface area contributed by atoms with E-state index in [4.69, 9.17) is 9.84 Å². The lowest BCUT2D eigenvalue weighted by Crippen LogP contribution is -2.29. The maximum atomic E-state index is 12.1. The van der Waals surface area contributed by atoms with Gasteiger partial charge in [-0.3, -0.25) is 9.36 Å². The van der Waals surface area contributed by atoms with Crippen LogP contribution in [0.5, 0.6) is 0 Å². The van der Waals surface area contributed by atoms with Crippen molar-refractivity contribution in [3.05, 3.63) is 34.9 Å². The molecule has 0 spiro atoms. The number of amides is 1. The Bertz CT molecular complexity index is 640. The Morgan fingerprint density at radius 1 is 1.59 bits per heavy atom. The van der Waals surface area contributed by atoms with Gasteiger partial charge in [-0.05, 0) is 6.07 Å². The molecule has 120 valence electrons. The van der Waals surface area contributed by atoms with Crippen LogP contribution in [0.15, 0.2) is 29.2 Å². The molecule has 8 nitrogen and oxygen atoms in total. The minimum Gasteiger partial charge on any atom is -0.394 e. The van der Waals surface area contributed by atoms with Crippen molar-refractivity contribution in [3.63, 3.8) is 0 Å². The summed E-state index contributed by atoms with van der Waals surface area (Å²) in [5.74, 6) is -0.340. The number of anilines is 1. The molecule has 2 rings (SSSR count). The molecule has 8 heteroatoms. The lowest BCUT2D eigenvalue weighted by Gasteiger charge is -2.15. The number of ether oxygens (including phenoxy) is 1. The van der Waals surface area contributed by atoms with Crippen LogP contribution in [0.1, 0.15) is 20.1 Å². The van der Waals surface area contributed by atoms with Crippen LogP contribution in [0.4, 0.5) is 5.82 Å². The molecule has 1 aliphatic rings. The SMILES string of the molecule is C=C1[C@H](n2ccc(NC(=O)C(C)C)nc2=O)O[C@H](CO)[C@H]1O. The first-order chi connectivity index (χ1) is 10.3. The van der Waals surface area contributed by atoms with Gasteiger partial charge in [0, 0.05) is 17.7 Å². The highest BCUT2D eigenvalue weighted by Crippen LogP contribution is 2.31. The molecule has 3 N–H and O–H groups in total. The summed E-state index contributed by atoms with van der Waals surface area (Å²) in [7, 11) is 0. The number of carbonyl (C=O) groups excluding carboxylic acids is 1. The fourth-order valence-electron chi connectivity index (χ4n) is 2.03. The number of aromatic nitrogens is 2. The van der Waals surface area contributed by atoms with Gasteiger partial charge < -0.3 is 20.3 Å². The van der Waals surface area contributed by atoms with Gasteiger partial charge in [0.1, 0.15) is 18.0 Å². The largest absolute Gasteiger partial charge is 0.394 e. The van der Waals surface area contributed by atoms with Crippen molar-refractivity contribution in [2.45, 2.75) is 32.3 Å². The first-order valence-electron chi connectivity index (χ1n) is 6.88. The van der Waals surface area contributed by atoms with E-state index in [0.29, 0.717) is 0 Å². The minimum absolute atomic E-state index is 0.141. The van der Waals surface area contributed by atoms with Gasteiger partial charge in [-0.2, -0.15) is 4.98 Å². The second-order valence-electron chi connectivity index (χ2n) is 5.38. The quantitative estimate of drug-likeness (QED) is 0.655. The van der Waals surface area contributed by atoms with Crippen molar-refractivity contribution in [1.29, 1.82) is 0 Å². The third-order valence-electron chi connectivity index (χ3n) is 3.39. The van der Waals surface area contributed by atoms with Crippen LogP contribution >= 0.6 is 0 Å². The van der Waals surface area contributed by atoms with Crippen molar-refractivity contribution < 1.29 is 19.7 Å². The molecule has 1 saturated heterocycles. The Morgan fingerprint density at radius 2 is 2.27 bits per heavy atom. The molecule has 3 atom stereocenters. The fraction of sp³-hybridized carbons (Fsp3) is 0.500. The van der Waals surface area contributed by atoms with Gasteiger partial charge in [0.2, 0.25) is 5.91 Å². The smallest absolute Gasteiger partial charge is 0.351 e. The number of aliphatic hydroxyl groups is 2. The first kappa shape index (κ1) is 16.3. The zero-order chi connectivity index (χ0) is 16.4. The molecular formula is C14H19N3O5. The fourth-order valence-corrected chi connectivity index (χ4v) is 2.03. The third kappa shape index (κ3) is 3.08. The van der Waals surface area contributed by atoms with Crippen LogP contribution in [0.3, 0.4) is 0 Å². The summed E-state index contributed by atoms with van der Waals surface area (Å²) in [6.07, 6.45) is -1.39. The van der Waals surface area contributed by atoms with Gasteiger partial charge >= 0.3 is 5.69 Å². The van der Waals surface area contributed by atoms with Crippen LogP contribution in [-0.2, 0) is 9.53 Å². The number of hydrogen-bond acceptors (Lipinski definition) is 6. The molecule has 0 aliphatic carbocycles. The van der Waals surface area contributed by atoms with E-state index < -0.39 is 24.1 Å². The van der Waals surface area contributed by atoms with Crippen LogP contribution in [0, 0.1) is 5.92 Å². The molecule has 22 heavy (non-hydrogen) atoms. The molecule has 0 aromatic carbocycles. The van der Waals surface area contributed by atoms with Gasteiger partial charge in [-0.25, -0.2) is 4.79 Å². The second kappa shape index (κ2) is 6.39. The molecule has 1 aromatic heterocycles. The normalized spacial score (nSPS) is 24.8. The van der Waals surface area contributed by atoms with Gasteiger partial charge in [0.05, 0.1) is 6.61 Å². The van der Waals surface area contributed by atoms with E-state index >= 15 is 0 Å². The molecular weight excluding hydrogens is 290 g/mol. The molecule has 1 fully saturated rings. The summed E-state index contributed by atoms with van der Waals surface area (Å²) in [5.41, 5.74) is -0.389.